The van der Waals surface area contributed by atoms with E-state index in [1.54, 1.807) is 0 Å². The molecular weight excluding hydrogens is 340 g/mol. The van der Waals surface area contributed by atoms with E-state index < -0.39 is 0 Å². The summed E-state index contributed by atoms with van der Waals surface area (Å²) in [5.74, 6) is 3.24. The first-order valence-electron chi connectivity index (χ1n) is 11.0. The zero-order chi connectivity index (χ0) is 19.6. The topological polar surface area (TPSA) is 9.23 Å². The molecule has 2 saturated carbocycles. The summed E-state index contributed by atoms with van der Waals surface area (Å²) in [7, 11) is 0. The van der Waals surface area contributed by atoms with Gasteiger partial charge in [-0.15, -0.1) is 0 Å². The third-order valence-electron chi connectivity index (χ3n) is 8.04. The Bertz CT molecular complexity index is 1040. The minimum atomic E-state index is -0.285. The van der Waals surface area contributed by atoms with E-state index in [0.29, 0.717) is 6.10 Å². The number of hydrogen-bond acceptors (Lipinski definition) is 1. The summed E-state index contributed by atoms with van der Waals surface area (Å²) in [4.78, 5) is 0. The molecule has 28 heavy (non-hydrogen) atoms. The van der Waals surface area contributed by atoms with Crippen molar-refractivity contribution < 1.29 is 4.74 Å². The van der Waals surface area contributed by atoms with Crippen molar-refractivity contribution in [1.29, 1.82) is 0 Å². The molecule has 5 atom stereocenters. The van der Waals surface area contributed by atoms with Crippen molar-refractivity contribution in [3.8, 4) is 0 Å². The van der Waals surface area contributed by atoms with Gasteiger partial charge in [0.15, 0.2) is 0 Å². The summed E-state index contributed by atoms with van der Waals surface area (Å²) in [5.41, 5.74) is 2.38. The lowest BCUT2D eigenvalue weighted by atomic mass is 9.79. The molecule has 0 heterocycles. The van der Waals surface area contributed by atoms with E-state index in [1.165, 1.54) is 45.5 Å². The summed E-state index contributed by atoms with van der Waals surface area (Å²) >= 11 is 0. The molecule has 0 spiro atoms. The van der Waals surface area contributed by atoms with Crippen LogP contribution in [0.5, 0.6) is 0 Å². The molecule has 2 bridgehead atoms. The van der Waals surface area contributed by atoms with Crippen LogP contribution in [0.25, 0.3) is 21.5 Å². The molecule has 0 amide bonds. The number of fused-ring (bicyclic) bond motifs is 5. The Balaban J connectivity index is 1.57. The first-order chi connectivity index (χ1) is 13.4. The standard InChI is InChI=1S/C27H32O/c1-16-13-24-22(21-10-7-6-9-20(16)21)11-8-12-25(24)27(4,5)28-26-15-19-14-23(26)18(3)17(19)2/h6-13,17-19,23,26H,14-15H2,1-5H3. The maximum absolute atomic E-state index is 6.90. The lowest BCUT2D eigenvalue weighted by Gasteiger charge is -2.38. The molecule has 2 aliphatic carbocycles. The average Bonchev–Trinajstić information content (AvgIpc) is 3.20. The monoisotopic (exact) mass is 372 g/mol. The summed E-state index contributed by atoms with van der Waals surface area (Å²) in [6.07, 6.45) is 3.01. The lowest BCUT2D eigenvalue weighted by molar-refractivity contribution is -0.109. The van der Waals surface area contributed by atoms with Crippen molar-refractivity contribution >= 4 is 21.5 Å². The van der Waals surface area contributed by atoms with Gasteiger partial charge in [-0.05, 0) is 90.0 Å². The van der Waals surface area contributed by atoms with E-state index in [2.05, 4.69) is 83.1 Å². The molecule has 3 aromatic rings. The van der Waals surface area contributed by atoms with Gasteiger partial charge in [0.1, 0.15) is 0 Å². The normalized spacial score (nSPS) is 29.8. The molecule has 2 aliphatic rings. The zero-order valence-corrected chi connectivity index (χ0v) is 17.8. The molecule has 5 rings (SSSR count). The van der Waals surface area contributed by atoms with E-state index in [4.69, 9.17) is 4.74 Å². The van der Waals surface area contributed by atoms with Crippen molar-refractivity contribution in [2.75, 3.05) is 0 Å². The van der Waals surface area contributed by atoms with Gasteiger partial charge < -0.3 is 4.74 Å². The van der Waals surface area contributed by atoms with Crippen LogP contribution in [0.3, 0.4) is 0 Å². The van der Waals surface area contributed by atoms with Gasteiger partial charge in [-0.2, -0.15) is 0 Å². The second kappa shape index (κ2) is 6.32. The predicted octanol–water partition coefficient (Wildman–Crippen LogP) is 7.23. The van der Waals surface area contributed by atoms with Gasteiger partial charge in [-0.1, -0.05) is 62.4 Å². The van der Waals surface area contributed by atoms with Gasteiger partial charge in [0.25, 0.3) is 0 Å². The highest BCUT2D eigenvalue weighted by atomic mass is 16.5. The SMILES string of the molecule is Cc1cc2c(C(C)(C)OC3CC4CC3C(C)C4C)cccc2c2ccccc12. The van der Waals surface area contributed by atoms with Crippen molar-refractivity contribution in [3.63, 3.8) is 0 Å². The molecule has 0 radical (unpaired) electrons. The largest absolute Gasteiger partial charge is 0.367 e. The highest BCUT2D eigenvalue weighted by molar-refractivity contribution is 6.10. The molecule has 3 aromatic carbocycles. The maximum Gasteiger partial charge on any atom is 0.0885 e. The van der Waals surface area contributed by atoms with Gasteiger partial charge in [0.05, 0.1) is 11.7 Å². The van der Waals surface area contributed by atoms with E-state index in [-0.39, 0.29) is 5.60 Å². The molecular formula is C27H32O. The van der Waals surface area contributed by atoms with Crippen molar-refractivity contribution in [2.24, 2.45) is 23.7 Å². The van der Waals surface area contributed by atoms with Gasteiger partial charge in [-0.25, -0.2) is 0 Å². The molecule has 0 N–H and O–H groups in total. The van der Waals surface area contributed by atoms with Crippen LogP contribution in [0, 0.1) is 30.6 Å². The Morgan fingerprint density at radius 1 is 0.821 bits per heavy atom. The molecule has 2 fully saturated rings. The van der Waals surface area contributed by atoms with Crippen LogP contribution in [0.1, 0.15) is 51.7 Å². The Hall–Kier alpha value is -1.86. The predicted molar refractivity (Wildman–Crippen MR) is 119 cm³/mol. The first-order valence-corrected chi connectivity index (χ1v) is 11.0. The second-order valence-electron chi connectivity index (χ2n) is 9.92. The molecule has 5 unspecified atom stereocenters. The summed E-state index contributed by atoms with van der Waals surface area (Å²) < 4.78 is 6.90. The van der Waals surface area contributed by atoms with E-state index in [9.17, 15) is 0 Å². The van der Waals surface area contributed by atoms with Crippen LogP contribution in [-0.2, 0) is 10.3 Å². The second-order valence-corrected chi connectivity index (χ2v) is 9.92. The lowest BCUT2D eigenvalue weighted by Crippen LogP contribution is -2.36. The Morgan fingerprint density at radius 2 is 1.50 bits per heavy atom. The van der Waals surface area contributed by atoms with Gasteiger partial charge in [-0.3, -0.25) is 0 Å². The molecule has 1 nitrogen and oxygen atoms in total. The molecule has 146 valence electrons. The van der Waals surface area contributed by atoms with Crippen LogP contribution in [0.2, 0.25) is 0 Å². The van der Waals surface area contributed by atoms with Gasteiger partial charge in [0.2, 0.25) is 0 Å². The zero-order valence-electron chi connectivity index (χ0n) is 17.8. The van der Waals surface area contributed by atoms with Crippen LogP contribution in [0.15, 0.2) is 48.5 Å². The van der Waals surface area contributed by atoms with Crippen LogP contribution in [0.4, 0.5) is 0 Å². The van der Waals surface area contributed by atoms with E-state index in [0.717, 1.165) is 23.7 Å². The molecule has 0 saturated heterocycles. The highest BCUT2D eigenvalue weighted by Crippen LogP contribution is 2.54. The molecule has 1 heteroatoms. The number of rotatable bonds is 3. The highest BCUT2D eigenvalue weighted by Gasteiger charge is 2.50. The van der Waals surface area contributed by atoms with Crippen molar-refractivity contribution in [2.45, 2.75) is 59.2 Å². The summed E-state index contributed by atoms with van der Waals surface area (Å²) in [5, 5.41) is 5.37. The molecule has 0 aliphatic heterocycles. The Labute approximate surface area is 169 Å². The third kappa shape index (κ3) is 2.63. The van der Waals surface area contributed by atoms with E-state index in [1.807, 2.05) is 0 Å². The first kappa shape index (κ1) is 18.2. The van der Waals surface area contributed by atoms with E-state index >= 15 is 0 Å². The number of benzene rings is 3. The summed E-state index contributed by atoms with van der Waals surface area (Å²) in [6, 6.07) is 17.9. The van der Waals surface area contributed by atoms with Crippen LogP contribution >= 0.6 is 0 Å². The minimum absolute atomic E-state index is 0.285. The van der Waals surface area contributed by atoms with Gasteiger partial charge in [0, 0.05) is 0 Å². The summed E-state index contributed by atoms with van der Waals surface area (Å²) in [6.45, 7) is 11.6. The van der Waals surface area contributed by atoms with Crippen molar-refractivity contribution in [3.05, 3.63) is 59.7 Å². The number of ether oxygens (including phenoxy) is 1. The van der Waals surface area contributed by atoms with Crippen LogP contribution < -0.4 is 0 Å². The third-order valence-corrected chi connectivity index (χ3v) is 8.04. The average molecular weight is 373 g/mol. The quantitative estimate of drug-likeness (QED) is 0.440. The van der Waals surface area contributed by atoms with Gasteiger partial charge >= 0.3 is 0 Å². The van der Waals surface area contributed by atoms with Crippen molar-refractivity contribution in [1.82, 2.24) is 0 Å². The Morgan fingerprint density at radius 3 is 2.21 bits per heavy atom. The fraction of sp³-hybridized carbons (Fsp3) is 0.481. The smallest absolute Gasteiger partial charge is 0.0885 e. The maximum atomic E-state index is 6.90. The van der Waals surface area contributed by atoms with Crippen LogP contribution in [-0.4, -0.2) is 6.10 Å². The number of hydrogen-bond donors (Lipinski definition) is 0. The molecule has 0 aromatic heterocycles. The minimum Gasteiger partial charge on any atom is -0.367 e. The fourth-order valence-corrected chi connectivity index (χ4v) is 6.29. The number of aryl methyl sites for hydroxylation is 1. The fourth-order valence-electron chi connectivity index (χ4n) is 6.29. The Kier molecular flexibility index (Phi) is 4.11.